The van der Waals surface area contributed by atoms with E-state index in [9.17, 15) is 4.39 Å². The molecule has 5 rings (SSSR count). The Kier molecular flexibility index (Phi) is 3.49. The predicted octanol–water partition coefficient (Wildman–Crippen LogP) is 4.94. The summed E-state index contributed by atoms with van der Waals surface area (Å²) in [5, 5.41) is 4.67. The lowest BCUT2D eigenvalue weighted by Crippen LogP contribution is -2.01. The second kappa shape index (κ2) is 5.89. The average Bonchev–Trinajstić information content (AvgIpc) is 3.29. The van der Waals surface area contributed by atoms with Crippen molar-refractivity contribution in [2.75, 3.05) is 0 Å². The Morgan fingerprint density at radius 2 is 2.04 bits per heavy atom. The van der Waals surface area contributed by atoms with E-state index in [1.165, 1.54) is 16.8 Å². The van der Waals surface area contributed by atoms with Gasteiger partial charge in [-0.05, 0) is 37.1 Å². The second-order valence-electron chi connectivity index (χ2n) is 6.43. The third kappa shape index (κ3) is 2.57. The van der Waals surface area contributed by atoms with Gasteiger partial charge in [0.25, 0.3) is 5.82 Å². The summed E-state index contributed by atoms with van der Waals surface area (Å²) in [7, 11) is 0. The van der Waals surface area contributed by atoms with E-state index in [0.717, 1.165) is 18.5 Å². The molecule has 0 aliphatic heterocycles. The van der Waals surface area contributed by atoms with Gasteiger partial charge in [0.1, 0.15) is 11.5 Å². The molecule has 6 nitrogen and oxygen atoms in total. The molecular formula is C19H12ClFN6. The van der Waals surface area contributed by atoms with E-state index in [2.05, 4.69) is 24.5 Å². The van der Waals surface area contributed by atoms with Crippen molar-refractivity contribution < 1.29 is 4.39 Å². The molecule has 0 amide bonds. The fourth-order valence-corrected chi connectivity index (χ4v) is 3.34. The zero-order valence-electron chi connectivity index (χ0n) is 14.0. The highest BCUT2D eigenvalue weighted by Crippen LogP contribution is 2.41. The van der Waals surface area contributed by atoms with Crippen molar-refractivity contribution in [1.82, 2.24) is 24.1 Å². The van der Waals surface area contributed by atoms with E-state index >= 15 is 0 Å². The van der Waals surface area contributed by atoms with Crippen molar-refractivity contribution in [3.05, 3.63) is 65.1 Å². The van der Waals surface area contributed by atoms with E-state index < -0.39 is 5.82 Å². The molecule has 3 aromatic heterocycles. The molecule has 27 heavy (non-hydrogen) atoms. The molecule has 0 unspecified atom stereocenters. The minimum Gasteiger partial charge on any atom is -0.360 e. The van der Waals surface area contributed by atoms with Gasteiger partial charge in [-0.1, -0.05) is 23.3 Å². The topological polar surface area (TPSA) is 52.4 Å². The highest BCUT2D eigenvalue weighted by atomic mass is 35.5. The third-order valence-corrected chi connectivity index (χ3v) is 4.92. The van der Waals surface area contributed by atoms with Crippen molar-refractivity contribution >= 4 is 23.1 Å². The van der Waals surface area contributed by atoms with Gasteiger partial charge in [0.05, 0.1) is 28.9 Å². The monoisotopic (exact) mass is 378 g/mol. The summed E-state index contributed by atoms with van der Waals surface area (Å²) in [6, 6.07) is 8.62. The molecule has 1 aliphatic carbocycles. The molecule has 132 valence electrons. The largest absolute Gasteiger partial charge is 0.360 e. The molecule has 0 atom stereocenters. The first kappa shape index (κ1) is 16.0. The predicted molar refractivity (Wildman–Crippen MR) is 99.1 cm³/mol. The molecule has 1 aromatic carbocycles. The van der Waals surface area contributed by atoms with Gasteiger partial charge < -0.3 is 9.41 Å². The summed E-state index contributed by atoms with van der Waals surface area (Å²) < 4.78 is 17.2. The minimum atomic E-state index is -0.469. The first-order valence-corrected chi connectivity index (χ1v) is 8.78. The van der Waals surface area contributed by atoms with Crippen LogP contribution in [0.25, 0.3) is 33.1 Å². The van der Waals surface area contributed by atoms with Crippen LogP contribution in [0, 0.1) is 12.4 Å². The van der Waals surface area contributed by atoms with Crippen molar-refractivity contribution in [3.8, 4) is 22.6 Å². The van der Waals surface area contributed by atoms with Crippen LogP contribution in [0.1, 0.15) is 18.9 Å². The average molecular weight is 379 g/mol. The van der Waals surface area contributed by atoms with Crippen LogP contribution in [0.15, 0.2) is 42.9 Å². The first-order chi connectivity index (χ1) is 13.2. The number of halogens is 2. The quantitative estimate of drug-likeness (QED) is 0.474. The fourth-order valence-electron chi connectivity index (χ4n) is 3.16. The molecule has 0 bridgehead atoms. The normalized spacial score (nSPS) is 13.8. The van der Waals surface area contributed by atoms with E-state index in [-0.39, 0.29) is 5.02 Å². The summed E-state index contributed by atoms with van der Waals surface area (Å²) in [5.41, 5.74) is 3.50. The van der Waals surface area contributed by atoms with E-state index in [1.54, 1.807) is 18.5 Å². The Balaban J connectivity index is 1.74. The van der Waals surface area contributed by atoms with Gasteiger partial charge in [-0.2, -0.15) is 0 Å². The number of benzene rings is 1. The summed E-state index contributed by atoms with van der Waals surface area (Å²) >= 11 is 5.98. The van der Waals surface area contributed by atoms with Crippen molar-refractivity contribution in [1.29, 1.82) is 0 Å². The molecule has 0 radical (unpaired) electrons. The van der Waals surface area contributed by atoms with Gasteiger partial charge in [0.15, 0.2) is 0 Å². The number of fused-ring (bicyclic) bond motifs is 1. The Morgan fingerprint density at radius 1 is 1.19 bits per heavy atom. The van der Waals surface area contributed by atoms with E-state index in [4.69, 9.17) is 18.2 Å². The van der Waals surface area contributed by atoms with Gasteiger partial charge in [-0.25, -0.2) is 14.4 Å². The van der Waals surface area contributed by atoms with Gasteiger partial charge in [0, 0.05) is 17.7 Å². The van der Waals surface area contributed by atoms with Crippen LogP contribution in [-0.2, 0) is 0 Å². The lowest BCUT2D eigenvalue weighted by Gasteiger charge is -2.09. The lowest BCUT2D eigenvalue weighted by atomic mass is 10.1. The zero-order chi connectivity index (χ0) is 18.5. The fraction of sp³-hybridized carbons (Fsp3) is 0.158. The van der Waals surface area contributed by atoms with Gasteiger partial charge in [-0.15, -0.1) is 4.52 Å². The van der Waals surface area contributed by atoms with Crippen LogP contribution in [0.5, 0.6) is 0 Å². The maximum absolute atomic E-state index is 13.6. The standard InChI is InChI=1S/C19H12ClFN6/c1-22-17-9-23-16-7-6-15(25-27(16)17)19-18(24-10-26(19)12-3-4-12)11-2-5-14(21)13(20)8-11/h2,5-10,12H,3-4H2. The highest BCUT2D eigenvalue weighted by Gasteiger charge is 2.29. The van der Waals surface area contributed by atoms with Gasteiger partial charge in [0.2, 0.25) is 5.65 Å². The number of imidazole rings is 2. The second-order valence-corrected chi connectivity index (χ2v) is 6.83. The van der Waals surface area contributed by atoms with Crippen molar-refractivity contribution in [2.45, 2.75) is 18.9 Å². The van der Waals surface area contributed by atoms with Crippen LogP contribution in [-0.4, -0.2) is 24.1 Å². The molecule has 0 N–H and O–H groups in total. The SMILES string of the molecule is [C-]#[N+]c1cnc2ccc(-c3c(-c4ccc(F)c(Cl)c4)ncn3C3CC3)nn12. The maximum atomic E-state index is 13.6. The zero-order valence-corrected chi connectivity index (χ0v) is 14.7. The Morgan fingerprint density at radius 3 is 2.78 bits per heavy atom. The number of aromatic nitrogens is 5. The summed E-state index contributed by atoms with van der Waals surface area (Å²) in [6.07, 6.45) is 5.44. The number of hydrogen-bond donors (Lipinski definition) is 0. The molecule has 8 heteroatoms. The molecule has 3 heterocycles. The number of hydrogen-bond acceptors (Lipinski definition) is 3. The van der Waals surface area contributed by atoms with Gasteiger partial charge >= 0.3 is 0 Å². The maximum Gasteiger partial charge on any atom is 0.275 e. The Hall–Kier alpha value is -3.24. The molecule has 1 fully saturated rings. The van der Waals surface area contributed by atoms with Crippen LogP contribution in [0.3, 0.4) is 0 Å². The van der Waals surface area contributed by atoms with Crippen molar-refractivity contribution in [2.24, 2.45) is 0 Å². The Bertz CT molecular complexity index is 1230. The minimum absolute atomic E-state index is 0.0488. The summed E-state index contributed by atoms with van der Waals surface area (Å²) in [4.78, 5) is 12.2. The molecule has 4 aromatic rings. The number of rotatable bonds is 3. The molecule has 0 saturated heterocycles. The lowest BCUT2D eigenvalue weighted by molar-refractivity contribution is 0.628. The van der Waals surface area contributed by atoms with Crippen LogP contribution in [0.4, 0.5) is 10.2 Å². The molecule has 1 aliphatic rings. The summed E-state index contributed by atoms with van der Waals surface area (Å²) in [6.45, 7) is 7.28. The van der Waals surface area contributed by atoms with Crippen LogP contribution < -0.4 is 0 Å². The Labute approximate surface area is 158 Å². The van der Waals surface area contributed by atoms with E-state index in [0.29, 0.717) is 34.5 Å². The van der Waals surface area contributed by atoms with Crippen LogP contribution in [0.2, 0.25) is 5.02 Å². The molecule has 1 saturated carbocycles. The molecule has 0 spiro atoms. The summed E-state index contributed by atoms with van der Waals surface area (Å²) in [5.74, 6) is -0.126. The van der Waals surface area contributed by atoms with E-state index in [1.807, 2.05) is 12.1 Å². The van der Waals surface area contributed by atoms with Crippen LogP contribution >= 0.6 is 11.6 Å². The van der Waals surface area contributed by atoms with Crippen molar-refractivity contribution in [3.63, 3.8) is 0 Å². The number of nitrogens with zero attached hydrogens (tertiary/aromatic N) is 6. The smallest absolute Gasteiger partial charge is 0.275 e. The highest BCUT2D eigenvalue weighted by molar-refractivity contribution is 6.31. The third-order valence-electron chi connectivity index (χ3n) is 4.63. The van der Waals surface area contributed by atoms with Gasteiger partial charge in [-0.3, -0.25) is 0 Å². The molecular weight excluding hydrogens is 367 g/mol. The first-order valence-electron chi connectivity index (χ1n) is 8.40.